The van der Waals surface area contributed by atoms with Gasteiger partial charge in [0.2, 0.25) is 0 Å². The Morgan fingerprint density at radius 1 is 1.39 bits per heavy atom. The van der Waals surface area contributed by atoms with Crippen LogP contribution in [-0.4, -0.2) is 44.7 Å². The maximum atomic E-state index is 13.7. The summed E-state index contributed by atoms with van der Waals surface area (Å²) >= 11 is 3.32. The summed E-state index contributed by atoms with van der Waals surface area (Å²) in [6.07, 6.45) is 0.805. The Labute approximate surface area is 115 Å². The molecule has 0 atom stereocenters. The Kier molecular flexibility index (Phi) is 4.97. The van der Waals surface area contributed by atoms with Gasteiger partial charge in [0.05, 0.1) is 7.11 Å². The van der Waals surface area contributed by atoms with Crippen molar-refractivity contribution in [2.45, 2.75) is 6.42 Å². The highest BCUT2D eigenvalue weighted by molar-refractivity contribution is 9.10. The lowest BCUT2D eigenvalue weighted by molar-refractivity contribution is 0.242. The lowest BCUT2D eigenvalue weighted by Crippen LogP contribution is -2.44. The number of nitrogens with one attached hydrogen (secondary N) is 1. The van der Waals surface area contributed by atoms with Crippen molar-refractivity contribution in [2.75, 3.05) is 39.8 Å². The van der Waals surface area contributed by atoms with Gasteiger partial charge in [0.15, 0.2) is 11.6 Å². The second kappa shape index (κ2) is 6.50. The Hall–Kier alpha value is -0.650. The molecule has 0 aromatic heterocycles. The fourth-order valence-electron chi connectivity index (χ4n) is 2.24. The maximum Gasteiger partial charge on any atom is 0.166 e. The van der Waals surface area contributed by atoms with E-state index in [0.717, 1.165) is 49.2 Å². The van der Waals surface area contributed by atoms with Gasteiger partial charge in [-0.25, -0.2) is 4.39 Å². The van der Waals surface area contributed by atoms with Crippen molar-refractivity contribution in [1.82, 2.24) is 10.2 Å². The molecule has 1 heterocycles. The Bertz CT molecular complexity index is 408. The molecule has 0 saturated carbocycles. The summed E-state index contributed by atoms with van der Waals surface area (Å²) in [4.78, 5) is 2.38. The minimum Gasteiger partial charge on any atom is -0.493 e. The van der Waals surface area contributed by atoms with Gasteiger partial charge in [0.1, 0.15) is 0 Å². The Balaban J connectivity index is 2.03. The van der Waals surface area contributed by atoms with Crippen LogP contribution >= 0.6 is 15.9 Å². The molecule has 18 heavy (non-hydrogen) atoms. The number of piperazine rings is 1. The highest BCUT2D eigenvalue weighted by Crippen LogP contribution is 2.27. The zero-order valence-electron chi connectivity index (χ0n) is 10.5. The van der Waals surface area contributed by atoms with E-state index in [2.05, 4.69) is 26.1 Å². The molecule has 0 unspecified atom stereocenters. The summed E-state index contributed by atoms with van der Waals surface area (Å²) in [6.45, 7) is 5.11. The third kappa shape index (κ3) is 3.43. The van der Waals surface area contributed by atoms with Crippen LogP contribution in [0.2, 0.25) is 0 Å². The number of benzene rings is 1. The van der Waals surface area contributed by atoms with Crippen LogP contribution in [-0.2, 0) is 6.42 Å². The summed E-state index contributed by atoms with van der Waals surface area (Å²) in [7, 11) is 1.51. The standard InChI is InChI=1S/C13H18BrFN2O/c1-18-13-10(8-11(14)9-12(13)15)2-5-17-6-3-16-4-7-17/h8-9,16H,2-7H2,1H3. The molecule has 1 saturated heterocycles. The number of nitrogens with zero attached hydrogens (tertiary/aromatic N) is 1. The van der Waals surface area contributed by atoms with E-state index >= 15 is 0 Å². The predicted octanol–water partition coefficient (Wildman–Crippen LogP) is 2.04. The lowest BCUT2D eigenvalue weighted by atomic mass is 10.1. The molecule has 0 amide bonds. The molecule has 5 heteroatoms. The molecule has 1 aromatic carbocycles. The molecule has 100 valence electrons. The van der Waals surface area contributed by atoms with Crippen LogP contribution in [0, 0.1) is 5.82 Å². The van der Waals surface area contributed by atoms with Gasteiger partial charge in [-0.1, -0.05) is 15.9 Å². The van der Waals surface area contributed by atoms with Crippen LogP contribution < -0.4 is 10.1 Å². The Morgan fingerprint density at radius 3 is 2.78 bits per heavy atom. The van der Waals surface area contributed by atoms with Crippen LogP contribution in [0.5, 0.6) is 5.75 Å². The molecule has 1 fully saturated rings. The largest absolute Gasteiger partial charge is 0.493 e. The van der Waals surface area contributed by atoms with Crippen molar-refractivity contribution in [3.8, 4) is 5.75 Å². The predicted molar refractivity (Wildman–Crippen MR) is 73.7 cm³/mol. The van der Waals surface area contributed by atoms with Crippen molar-refractivity contribution in [2.24, 2.45) is 0 Å². The molecule has 3 nitrogen and oxygen atoms in total. The fourth-order valence-corrected chi connectivity index (χ4v) is 2.72. The molecular weight excluding hydrogens is 299 g/mol. The highest BCUT2D eigenvalue weighted by Gasteiger charge is 2.14. The van der Waals surface area contributed by atoms with Crippen molar-refractivity contribution in [3.63, 3.8) is 0 Å². The van der Waals surface area contributed by atoms with E-state index < -0.39 is 0 Å². The van der Waals surface area contributed by atoms with Crippen LogP contribution in [0.3, 0.4) is 0 Å². The minimum atomic E-state index is -0.304. The molecule has 1 aromatic rings. The van der Waals surface area contributed by atoms with Crippen molar-refractivity contribution >= 4 is 15.9 Å². The van der Waals surface area contributed by atoms with Gasteiger partial charge in [0, 0.05) is 37.2 Å². The van der Waals surface area contributed by atoms with Gasteiger partial charge in [-0.2, -0.15) is 0 Å². The van der Waals surface area contributed by atoms with E-state index in [9.17, 15) is 4.39 Å². The molecular formula is C13H18BrFN2O. The first-order valence-corrected chi connectivity index (χ1v) is 6.95. The molecule has 0 radical (unpaired) electrons. The summed E-state index contributed by atoms with van der Waals surface area (Å²) in [5, 5.41) is 3.32. The maximum absolute atomic E-state index is 13.7. The van der Waals surface area contributed by atoms with Gasteiger partial charge in [0.25, 0.3) is 0 Å². The average molecular weight is 317 g/mol. The van der Waals surface area contributed by atoms with E-state index in [-0.39, 0.29) is 5.82 Å². The molecule has 1 aliphatic heterocycles. The van der Waals surface area contributed by atoms with Crippen LogP contribution in [0.15, 0.2) is 16.6 Å². The number of methoxy groups -OCH3 is 1. The van der Waals surface area contributed by atoms with Gasteiger partial charge < -0.3 is 15.0 Å². The number of hydrogen-bond acceptors (Lipinski definition) is 3. The van der Waals surface area contributed by atoms with Gasteiger partial charge >= 0.3 is 0 Å². The summed E-state index contributed by atoms with van der Waals surface area (Å²) < 4.78 is 19.6. The zero-order valence-corrected chi connectivity index (χ0v) is 12.1. The number of rotatable bonds is 4. The normalized spacial score (nSPS) is 16.8. The van der Waals surface area contributed by atoms with Crippen LogP contribution in [0.25, 0.3) is 0 Å². The molecule has 0 spiro atoms. The summed E-state index contributed by atoms with van der Waals surface area (Å²) in [5.74, 6) is 0.0653. The zero-order chi connectivity index (χ0) is 13.0. The second-order valence-corrected chi connectivity index (χ2v) is 5.34. The quantitative estimate of drug-likeness (QED) is 0.920. The molecule has 0 aliphatic carbocycles. The SMILES string of the molecule is COc1c(F)cc(Br)cc1CCN1CCNCC1. The lowest BCUT2D eigenvalue weighted by Gasteiger charge is -2.27. The van der Waals surface area contributed by atoms with E-state index in [1.807, 2.05) is 6.07 Å². The fraction of sp³-hybridized carbons (Fsp3) is 0.538. The van der Waals surface area contributed by atoms with E-state index in [1.165, 1.54) is 13.2 Å². The number of hydrogen-bond donors (Lipinski definition) is 1. The van der Waals surface area contributed by atoms with Crippen molar-refractivity contribution < 1.29 is 9.13 Å². The van der Waals surface area contributed by atoms with Gasteiger partial charge in [-0.05, 0) is 24.1 Å². The third-order valence-electron chi connectivity index (χ3n) is 3.20. The van der Waals surface area contributed by atoms with Crippen LogP contribution in [0.4, 0.5) is 4.39 Å². The van der Waals surface area contributed by atoms with E-state index in [0.29, 0.717) is 5.75 Å². The van der Waals surface area contributed by atoms with Crippen molar-refractivity contribution in [3.05, 3.63) is 28.0 Å². The van der Waals surface area contributed by atoms with Crippen molar-refractivity contribution in [1.29, 1.82) is 0 Å². The van der Waals surface area contributed by atoms with E-state index in [1.54, 1.807) is 0 Å². The first kappa shape index (κ1) is 13.8. The van der Waals surface area contributed by atoms with Crippen LogP contribution in [0.1, 0.15) is 5.56 Å². The number of halogens is 2. The smallest absolute Gasteiger partial charge is 0.166 e. The van der Waals surface area contributed by atoms with E-state index in [4.69, 9.17) is 4.74 Å². The molecule has 1 N–H and O–H groups in total. The van der Waals surface area contributed by atoms with Gasteiger partial charge in [-0.15, -0.1) is 0 Å². The topological polar surface area (TPSA) is 24.5 Å². The monoisotopic (exact) mass is 316 g/mol. The number of ether oxygens (including phenoxy) is 1. The Morgan fingerprint density at radius 2 is 2.11 bits per heavy atom. The molecule has 1 aliphatic rings. The second-order valence-electron chi connectivity index (χ2n) is 4.42. The first-order valence-electron chi connectivity index (χ1n) is 6.15. The van der Waals surface area contributed by atoms with Gasteiger partial charge in [-0.3, -0.25) is 0 Å². The third-order valence-corrected chi connectivity index (χ3v) is 3.65. The average Bonchev–Trinajstić information content (AvgIpc) is 2.37. The first-order chi connectivity index (χ1) is 8.70. The summed E-state index contributed by atoms with van der Waals surface area (Å²) in [5.41, 5.74) is 0.919. The highest BCUT2D eigenvalue weighted by atomic mass is 79.9. The summed E-state index contributed by atoms with van der Waals surface area (Å²) in [6, 6.07) is 3.37. The molecule has 2 rings (SSSR count). The molecule has 0 bridgehead atoms. The minimum absolute atomic E-state index is 0.304.